The van der Waals surface area contributed by atoms with Crippen LogP contribution in [0.4, 0.5) is 11.5 Å². The summed E-state index contributed by atoms with van der Waals surface area (Å²) in [5.41, 5.74) is 1.35. The van der Waals surface area contributed by atoms with Crippen LogP contribution in [0.2, 0.25) is 0 Å². The highest BCUT2D eigenvalue weighted by Gasteiger charge is 2.18. The Kier molecular flexibility index (Phi) is 5.30. The fourth-order valence-corrected chi connectivity index (χ4v) is 4.33. The molecule has 0 spiro atoms. The van der Waals surface area contributed by atoms with Crippen molar-refractivity contribution in [1.29, 1.82) is 0 Å². The van der Waals surface area contributed by atoms with E-state index in [1.807, 2.05) is 0 Å². The summed E-state index contributed by atoms with van der Waals surface area (Å²) in [7, 11) is -7.95. The monoisotopic (exact) mass is 471 g/mol. The number of rotatable bonds is 5. The van der Waals surface area contributed by atoms with Crippen LogP contribution in [0.15, 0.2) is 76.5 Å². The summed E-state index contributed by atoms with van der Waals surface area (Å²) in [6.45, 7) is 0. The maximum Gasteiger partial charge on any atom is 0.241 e. The van der Waals surface area contributed by atoms with Gasteiger partial charge in [0.1, 0.15) is 16.3 Å². The maximum atomic E-state index is 11.8. The molecule has 10 nitrogen and oxygen atoms in total. The molecule has 3 aromatic carbocycles. The van der Waals surface area contributed by atoms with Gasteiger partial charge in [0.2, 0.25) is 20.0 Å². The van der Waals surface area contributed by atoms with Crippen molar-refractivity contribution >= 4 is 42.3 Å². The van der Waals surface area contributed by atoms with E-state index in [4.69, 9.17) is 10.3 Å². The van der Waals surface area contributed by atoms with Crippen LogP contribution in [0.5, 0.6) is 5.75 Å². The zero-order valence-electron chi connectivity index (χ0n) is 16.3. The Morgan fingerprint density at radius 2 is 1.44 bits per heavy atom. The first-order valence-electron chi connectivity index (χ1n) is 9.05. The molecule has 164 valence electrons. The topological polar surface area (TPSA) is 178 Å². The van der Waals surface area contributed by atoms with Crippen LogP contribution in [0.3, 0.4) is 0 Å². The van der Waals surface area contributed by atoms with Gasteiger partial charge in [-0.05, 0) is 42.5 Å². The normalized spacial score (nSPS) is 12.1. The Morgan fingerprint density at radius 3 is 2.06 bits per heavy atom. The summed E-state index contributed by atoms with van der Waals surface area (Å²) >= 11 is 0. The van der Waals surface area contributed by atoms with E-state index in [0.29, 0.717) is 33.5 Å². The third-order valence-corrected chi connectivity index (χ3v) is 6.54. The Balaban J connectivity index is 1.79. The van der Waals surface area contributed by atoms with Gasteiger partial charge in [0.05, 0.1) is 4.90 Å². The highest BCUT2D eigenvalue weighted by Crippen LogP contribution is 2.34. The summed E-state index contributed by atoms with van der Waals surface area (Å²) in [6.07, 6.45) is 0. The number of aromatic hydroxyl groups is 1. The number of nitrogens with two attached hydrogens (primary N) is 2. The zero-order chi connectivity index (χ0) is 23.1. The Bertz CT molecular complexity index is 1550. The highest BCUT2D eigenvalue weighted by molar-refractivity contribution is 7.89. The smallest absolute Gasteiger partial charge is 0.241 e. The lowest BCUT2D eigenvalue weighted by atomic mass is 10.0. The second-order valence-corrected chi connectivity index (χ2v) is 9.96. The molecule has 1 heterocycles. The maximum absolute atomic E-state index is 11.8. The van der Waals surface area contributed by atoms with Crippen molar-refractivity contribution in [1.82, 2.24) is 10.2 Å². The average Bonchev–Trinajstić information content (AvgIpc) is 2.73. The van der Waals surface area contributed by atoms with Crippen LogP contribution in [-0.4, -0.2) is 32.1 Å². The largest absolute Gasteiger partial charge is 0.507 e. The number of sulfonamides is 2. The molecule has 1 aromatic heterocycles. The first-order valence-corrected chi connectivity index (χ1v) is 12.1. The van der Waals surface area contributed by atoms with Gasteiger partial charge in [0.25, 0.3) is 0 Å². The predicted molar refractivity (Wildman–Crippen MR) is 119 cm³/mol. The Morgan fingerprint density at radius 1 is 0.781 bits per heavy atom. The first-order chi connectivity index (χ1) is 15.0. The van der Waals surface area contributed by atoms with Crippen molar-refractivity contribution in [3.63, 3.8) is 0 Å². The summed E-state index contributed by atoms with van der Waals surface area (Å²) in [4.78, 5) is -0.439. The first kappa shape index (κ1) is 21.6. The molecule has 0 saturated heterocycles. The number of aromatic nitrogens is 2. The van der Waals surface area contributed by atoms with Gasteiger partial charge in [-0.2, -0.15) is 0 Å². The molecule has 0 saturated carbocycles. The van der Waals surface area contributed by atoms with E-state index < -0.39 is 30.7 Å². The van der Waals surface area contributed by atoms with Crippen molar-refractivity contribution in [3.8, 4) is 17.0 Å². The van der Waals surface area contributed by atoms with Gasteiger partial charge < -0.3 is 10.4 Å². The van der Waals surface area contributed by atoms with E-state index >= 15 is 0 Å². The van der Waals surface area contributed by atoms with Crippen LogP contribution >= 0.6 is 0 Å². The number of phenolic OH excluding ortho intramolecular Hbond substituents is 1. The molecule has 0 aliphatic heterocycles. The molecule has 0 aliphatic carbocycles. The number of phenols is 1. The van der Waals surface area contributed by atoms with Crippen molar-refractivity contribution in [3.05, 3.63) is 66.7 Å². The molecule has 0 atom stereocenters. The number of hydrogen-bond donors (Lipinski definition) is 4. The minimum Gasteiger partial charge on any atom is -0.507 e. The van der Waals surface area contributed by atoms with Crippen LogP contribution in [-0.2, 0) is 20.0 Å². The van der Waals surface area contributed by atoms with Crippen molar-refractivity contribution in [2.45, 2.75) is 9.79 Å². The van der Waals surface area contributed by atoms with Crippen LogP contribution < -0.4 is 15.6 Å². The Labute approximate surface area is 183 Å². The van der Waals surface area contributed by atoms with Crippen LogP contribution in [0, 0.1) is 0 Å². The number of hydrogen-bond acceptors (Lipinski definition) is 8. The number of primary sulfonamides is 2. The molecule has 0 bridgehead atoms. The minimum absolute atomic E-state index is 0.0210. The van der Waals surface area contributed by atoms with Gasteiger partial charge in [0.15, 0.2) is 5.82 Å². The summed E-state index contributed by atoms with van der Waals surface area (Å²) in [5, 5.41) is 33.0. The van der Waals surface area contributed by atoms with E-state index in [2.05, 4.69) is 15.5 Å². The van der Waals surface area contributed by atoms with Crippen molar-refractivity contribution in [2.24, 2.45) is 10.3 Å². The number of nitrogens with one attached hydrogen (secondary N) is 1. The van der Waals surface area contributed by atoms with Gasteiger partial charge in [-0.15, -0.1) is 10.2 Å². The van der Waals surface area contributed by atoms with Gasteiger partial charge in [-0.25, -0.2) is 27.1 Å². The number of fused-ring (bicyclic) bond motifs is 1. The molecule has 0 unspecified atom stereocenters. The van der Waals surface area contributed by atoms with Crippen LogP contribution in [0.1, 0.15) is 0 Å². The van der Waals surface area contributed by atoms with Gasteiger partial charge in [-0.3, -0.25) is 0 Å². The molecule has 0 amide bonds. The molecular weight excluding hydrogens is 454 g/mol. The molecular formula is C20H17N5O5S2. The fourth-order valence-electron chi connectivity index (χ4n) is 3.16. The molecule has 0 radical (unpaired) electrons. The number of anilines is 2. The fraction of sp³-hybridized carbons (Fsp3) is 0. The second kappa shape index (κ2) is 7.84. The minimum atomic E-state index is -4.14. The molecule has 32 heavy (non-hydrogen) atoms. The molecule has 6 N–H and O–H groups in total. The quantitative estimate of drug-likeness (QED) is 0.341. The number of nitrogens with zero attached hydrogens (tertiary/aromatic N) is 2. The van der Waals surface area contributed by atoms with Crippen molar-refractivity contribution in [2.75, 3.05) is 5.32 Å². The third-order valence-electron chi connectivity index (χ3n) is 4.67. The highest BCUT2D eigenvalue weighted by atomic mass is 32.2. The van der Waals surface area contributed by atoms with E-state index in [-0.39, 0.29) is 4.90 Å². The zero-order valence-corrected chi connectivity index (χ0v) is 17.9. The average molecular weight is 472 g/mol. The van der Waals surface area contributed by atoms with Crippen LogP contribution in [0.25, 0.3) is 22.0 Å². The summed E-state index contributed by atoms with van der Waals surface area (Å²) in [6, 6.07) is 17.0. The Hall–Kier alpha value is -3.58. The standard InChI is InChI=1S/C20H17N5O5S2/c21-31(27,28)14-8-6-13(7-9-14)23-20-16-4-2-1-3-15(16)19(24-25-20)12-5-10-17(26)18(11-12)32(22,29)30/h1-11,26H,(H,23,25)(H2,21,27,28)(H2,22,29,30). The van der Waals surface area contributed by atoms with Crippen molar-refractivity contribution < 1.29 is 21.9 Å². The van der Waals surface area contributed by atoms with E-state index in [9.17, 15) is 21.9 Å². The van der Waals surface area contributed by atoms with Gasteiger partial charge in [0, 0.05) is 22.0 Å². The third kappa shape index (κ3) is 4.24. The van der Waals surface area contributed by atoms with E-state index in [1.165, 1.54) is 30.3 Å². The second-order valence-electron chi connectivity index (χ2n) is 6.86. The lowest BCUT2D eigenvalue weighted by molar-refractivity contribution is 0.459. The number of benzene rings is 3. The lowest BCUT2D eigenvalue weighted by Gasteiger charge is -2.12. The summed E-state index contributed by atoms with van der Waals surface area (Å²) < 4.78 is 46.4. The molecule has 0 aliphatic rings. The van der Waals surface area contributed by atoms with E-state index in [0.717, 1.165) is 0 Å². The summed E-state index contributed by atoms with van der Waals surface area (Å²) in [5.74, 6) is -0.0621. The van der Waals surface area contributed by atoms with E-state index in [1.54, 1.807) is 36.4 Å². The molecule has 0 fully saturated rings. The molecule has 4 aromatic rings. The predicted octanol–water partition coefficient (Wildman–Crippen LogP) is 2.04. The van der Waals surface area contributed by atoms with Gasteiger partial charge >= 0.3 is 0 Å². The van der Waals surface area contributed by atoms with Gasteiger partial charge in [-0.1, -0.05) is 24.3 Å². The molecule has 12 heteroatoms. The SMILES string of the molecule is NS(=O)(=O)c1ccc(Nc2nnc(-c3ccc(O)c(S(N)(=O)=O)c3)c3ccccc23)cc1. The lowest BCUT2D eigenvalue weighted by Crippen LogP contribution is -2.12. The molecule has 4 rings (SSSR count).